The molecule has 28 heavy (non-hydrogen) atoms. The van der Waals surface area contributed by atoms with Crippen molar-refractivity contribution in [1.29, 1.82) is 0 Å². The first kappa shape index (κ1) is 20.4. The fraction of sp³-hybridized carbons (Fsp3) is 0.611. The third kappa shape index (κ3) is 5.12. The molecule has 0 aliphatic carbocycles. The number of amides is 2. The van der Waals surface area contributed by atoms with E-state index in [1.54, 1.807) is 23.2 Å². The summed E-state index contributed by atoms with van der Waals surface area (Å²) >= 11 is 0. The fourth-order valence-corrected chi connectivity index (χ4v) is 3.38. The maximum Gasteiger partial charge on any atom is 0.397 e. The van der Waals surface area contributed by atoms with Gasteiger partial charge in [-0.2, -0.15) is 13.2 Å². The highest BCUT2D eigenvalue weighted by molar-refractivity contribution is 5.95. The Balaban J connectivity index is 1.58. The monoisotopic (exact) mass is 399 g/mol. The molecule has 7 nitrogen and oxygen atoms in total. The molecule has 1 aromatic heterocycles. The summed E-state index contributed by atoms with van der Waals surface area (Å²) in [6.07, 6.45) is -4.37. The molecule has 1 aromatic rings. The van der Waals surface area contributed by atoms with Crippen molar-refractivity contribution in [2.45, 2.75) is 12.6 Å². The minimum atomic E-state index is -4.51. The fourth-order valence-electron chi connectivity index (χ4n) is 3.38. The van der Waals surface area contributed by atoms with Crippen molar-refractivity contribution in [3.05, 3.63) is 23.9 Å². The van der Waals surface area contributed by atoms with Crippen LogP contribution in [0.5, 0.6) is 0 Å². The largest absolute Gasteiger partial charge is 0.397 e. The second-order valence-corrected chi connectivity index (χ2v) is 7.16. The zero-order chi connectivity index (χ0) is 20.3. The number of likely N-dealkylation sites (N-methyl/N-ethyl adjacent to an activating group) is 1. The molecule has 2 fully saturated rings. The minimum absolute atomic E-state index is 0.108. The number of hydrogen-bond donors (Lipinski definition) is 0. The molecule has 0 radical (unpaired) electrons. The van der Waals surface area contributed by atoms with Crippen LogP contribution in [0.1, 0.15) is 16.8 Å². The number of anilines is 1. The summed E-state index contributed by atoms with van der Waals surface area (Å²) in [7, 11) is 2.06. The van der Waals surface area contributed by atoms with Gasteiger partial charge in [-0.25, -0.2) is 4.98 Å². The molecule has 3 rings (SSSR count). The second-order valence-electron chi connectivity index (χ2n) is 7.16. The lowest BCUT2D eigenvalue weighted by molar-refractivity contribution is -0.162. The molecular formula is C18H24F3N5O2. The van der Waals surface area contributed by atoms with Crippen molar-refractivity contribution in [1.82, 2.24) is 19.7 Å². The highest BCUT2D eigenvalue weighted by atomic mass is 19.4. The second kappa shape index (κ2) is 8.34. The minimum Gasteiger partial charge on any atom is -0.354 e. The summed E-state index contributed by atoms with van der Waals surface area (Å²) < 4.78 is 37.1. The van der Waals surface area contributed by atoms with E-state index in [1.165, 1.54) is 4.90 Å². The molecule has 2 amide bonds. The normalized spacial score (nSPS) is 19.1. The summed E-state index contributed by atoms with van der Waals surface area (Å²) in [5, 5.41) is 0. The van der Waals surface area contributed by atoms with Crippen LogP contribution in [0.3, 0.4) is 0 Å². The van der Waals surface area contributed by atoms with E-state index in [0.717, 1.165) is 32.0 Å². The van der Waals surface area contributed by atoms with E-state index in [2.05, 4.69) is 21.8 Å². The van der Waals surface area contributed by atoms with E-state index in [1.807, 2.05) is 0 Å². The summed E-state index contributed by atoms with van der Waals surface area (Å²) in [6.45, 7) is 4.17. The zero-order valence-electron chi connectivity index (χ0n) is 15.8. The number of nitrogens with zero attached hydrogens (tertiary/aromatic N) is 5. The summed E-state index contributed by atoms with van der Waals surface area (Å²) in [4.78, 5) is 35.9. The Kier molecular flexibility index (Phi) is 6.07. The number of carbonyl (C=O) groups excluding carboxylic acids is 2. The van der Waals surface area contributed by atoms with E-state index < -0.39 is 18.5 Å². The Morgan fingerprint density at radius 3 is 2.21 bits per heavy atom. The van der Waals surface area contributed by atoms with Crippen LogP contribution in [0.25, 0.3) is 0 Å². The van der Waals surface area contributed by atoms with Gasteiger partial charge in [0, 0.05) is 64.1 Å². The SMILES string of the molecule is CN1CCN(c2cc(C(=O)N3CCN(C(=O)CC(F)(F)F)CC3)ccn2)CC1. The van der Waals surface area contributed by atoms with Gasteiger partial charge in [0.25, 0.3) is 5.91 Å². The van der Waals surface area contributed by atoms with Crippen LogP contribution in [0, 0.1) is 0 Å². The van der Waals surface area contributed by atoms with Crippen molar-refractivity contribution in [3.63, 3.8) is 0 Å². The average Bonchev–Trinajstić information content (AvgIpc) is 2.67. The Morgan fingerprint density at radius 1 is 1.00 bits per heavy atom. The Labute approximate surface area is 161 Å². The third-order valence-electron chi connectivity index (χ3n) is 5.09. The first-order valence-electron chi connectivity index (χ1n) is 9.26. The molecule has 2 saturated heterocycles. The summed E-state index contributed by atoms with van der Waals surface area (Å²) in [5.41, 5.74) is 0.499. The van der Waals surface area contributed by atoms with E-state index in [0.29, 0.717) is 5.56 Å². The number of carbonyl (C=O) groups is 2. The lowest BCUT2D eigenvalue weighted by atomic mass is 10.2. The Morgan fingerprint density at radius 2 is 1.61 bits per heavy atom. The van der Waals surface area contributed by atoms with Gasteiger partial charge in [0.15, 0.2) is 0 Å². The Bertz CT molecular complexity index is 711. The number of halogens is 3. The van der Waals surface area contributed by atoms with Gasteiger partial charge < -0.3 is 19.6 Å². The first-order valence-corrected chi connectivity index (χ1v) is 9.26. The van der Waals surface area contributed by atoms with Crippen LogP contribution in [0.4, 0.5) is 19.0 Å². The number of aromatic nitrogens is 1. The van der Waals surface area contributed by atoms with Crippen LogP contribution in [-0.2, 0) is 4.79 Å². The molecule has 0 atom stereocenters. The van der Waals surface area contributed by atoms with Crippen LogP contribution in [-0.4, -0.2) is 97.1 Å². The van der Waals surface area contributed by atoms with Gasteiger partial charge in [-0.05, 0) is 19.2 Å². The lowest BCUT2D eigenvalue weighted by Gasteiger charge is -2.35. The third-order valence-corrected chi connectivity index (χ3v) is 5.09. The van der Waals surface area contributed by atoms with Crippen LogP contribution in [0.2, 0.25) is 0 Å². The van der Waals surface area contributed by atoms with Crippen molar-refractivity contribution in [3.8, 4) is 0 Å². The molecule has 154 valence electrons. The number of pyridine rings is 1. The molecule has 2 aliphatic rings. The molecule has 0 saturated carbocycles. The molecule has 0 bridgehead atoms. The van der Waals surface area contributed by atoms with Crippen molar-refractivity contribution < 1.29 is 22.8 Å². The molecule has 0 spiro atoms. The van der Waals surface area contributed by atoms with Crippen LogP contribution < -0.4 is 4.90 Å². The van der Waals surface area contributed by atoms with E-state index in [4.69, 9.17) is 0 Å². The molecule has 0 aromatic carbocycles. The topological polar surface area (TPSA) is 60.0 Å². The molecular weight excluding hydrogens is 375 g/mol. The van der Waals surface area contributed by atoms with Crippen molar-refractivity contribution in [2.75, 3.05) is 64.3 Å². The van der Waals surface area contributed by atoms with E-state index in [9.17, 15) is 22.8 Å². The highest BCUT2D eigenvalue weighted by Crippen LogP contribution is 2.22. The standard InChI is InChI=1S/C18H24F3N5O2/c1-23-4-6-24(7-5-23)15-12-14(2-3-22-15)17(28)26-10-8-25(9-11-26)16(27)13-18(19,20)21/h2-3,12H,4-11,13H2,1H3. The first-order chi connectivity index (χ1) is 13.2. The lowest BCUT2D eigenvalue weighted by Crippen LogP contribution is -2.51. The van der Waals surface area contributed by atoms with Gasteiger partial charge in [-0.3, -0.25) is 9.59 Å². The molecule has 3 heterocycles. The maximum atomic E-state index is 12.8. The summed E-state index contributed by atoms with van der Waals surface area (Å²) in [5.74, 6) is -0.389. The molecule has 2 aliphatic heterocycles. The predicted octanol–water partition coefficient (Wildman–Crippen LogP) is 1.07. The smallest absolute Gasteiger partial charge is 0.354 e. The number of alkyl halides is 3. The van der Waals surface area contributed by atoms with Gasteiger partial charge in [0.1, 0.15) is 12.2 Å². The van der Waals surface area contributed by atoms with Gasteiger partial charge in [-0.15, -0.1) is 0 Å². The Hall–Kier alpha value is -2.36. The molecule has 0 N–H and O–H groups in total. The maximum absolute atomic E-state index is 12.8. The zero-order valence-corrected chi connectivity index (χ0v) is 15.8. The number of rotatable bonds is 3. The van der Waals surface area contributed by atoms with Crippen LogP contribution >= 0.6 is 0 Å². The van der Waals surface area contributed by atoms with Crippen molar-refractivity contribution >= 4 is 17.6 Å². The van der Waals surface area contributed by atoms with Gasteiger partial charge in [0.05, 0.1) is 0 Å². The molecule has 10 heteroatoms. The summed E-state index contributed by atoms with van der Waals surface area (Å²) in [6, 6.07) is 3.40. The average molecular weight is 399 g/mol. The van der Waals surface area contributed by atoms with Gasteiger partial charge in [-0.1, -0.05) is 0 Å². The van der Waals surface area contributed by atoms with Gasteiger partial charge >= 0.3 is 6.18 Å². The quantitative estimate of drug-likeness (QED) is 0.761. The van der Waals surface area contributed by atoms with E-state index in [-0.39, 0.29) is 32.1 Å². The van der Waals surface area contributed by atoms with Gasteiger partial charge in [0.2, 0.25) is 5.91 Å². The number of piperazine rings is 2. The molecule has 0 unspecified atom stereocenters. The number of hydrogen-bond acceptors (Lipinski definition) is 5. The predicted molar refractivity (Wildman–Crippen MR) is 97.1 cm³/mol. The highest BCUT2D eigenvalue weighted by Gasteiger charge is 2.35. The van der Waals surface area contributed by atoms with Crippen LogP contribution in [0.15, 0.2) is 18.3 Å². The van der Waals surface area contributed by atoms with E-state index >= 15 is 0 Å². The van der Waals surface area contributed by atoms with Crippen molar-refractivity contribution in [2.24, 2.45) is 0 Å².